The molecule has 1 aromatic heterocycles. The molecule has 1 amide bonds. The molecule has 128 valence electrons. The number of carbonyl (C=O) groups excluding carboxylic acids is 1. The molecule has 1 unspecified atom stereocenters. The predicted molar refractivity (Wildman–Crippen MR) is 95.5 cm³/mol. The summed E-state index contributed by atoms with van der Waals surface area (Å²) in [6.45, 7) is 4.32. The molecule has 1 saturated heterocycles. The Morgan fingerprint density at radius 1 is 1.33 bits per heavy atom. The van der Waals surface area contributed by atoms with Gasteiger partial charge in [0.15, 0.2) is 0 Å². The van der Waals surface area contributed by atoms with E-state index in [4.69, 9.17) is 4.74 Å². The third-order valence-corrected chi connectivity index (χ3v) is 5.32. The minimum Gasteiger partial charge on any atom is -0.497 e. The quantitative estimate of drug-likeness (QED) is 0.854. The Morgan fingerprint density at radius 3 is 2.71 bits per heavy atom. The number of carbonyl (C=O) groups is 1. The summed E-state index contributed by atoms with van der Waals surface area (Å²) in [5, 5.41) is 2.98. The van der Waals surface area contributed by atoms with Gasteiger partial charge in [-0.1, -0.05) is 12.1 Å². The van der Waals surface area contributed by atoms with Crippen molar-refractivity contribution in [1.29, 1.82) is 0 Å². The third-order valence-electron chi connectivity index (χ3n) is 4.50. The van der Waals surface area contributed by atoms with Crippen LogP contribution in [0.3, 0.4) is 0 Å². The summed E-state index contributed by atoms with van der Waals surface area (Å²) >= 11 is 1.59. The number of amides is 1. The number of nitrogens with zero attached hydrogens (tertiary/aromatic N) is 3. The van der Waals surface area contributed by atoms with Crippen molar-refractivity contribution in [2.24, 2.45) is 0 Å². The van der Waals surface area contributed by atoms with Gasteiger partial charge in [0.05, 0.1) is 30.3 Å². The van der Waals surface area contributed by atoms with Gasteiger partial charge in [0.1, 0.15) is 5.75 Å². The second-order valence-corrected chi connectivity index (χ2v) is 7.21. The molecule has 2 heterocycles. The molecule has 1 aliphatic rings. The number of rotatable bonds is 4. The van der Waals surface area contributed by atoms with E-state index in [0.717, 1.165) is 29.5 Å². The monoisotopic (exact) mass is 345 g/mol. The van der Waals surface area contributed by atoms with Crippen molar-refractivity contribution in [2.45, 2.75) is 19.4 Å². The number of piperazine rings is 1. The minimum atomic E-state index is 0.159. The lowest BCUT2D eigenvalue weighted by Gasteiger charge is -2.39. The zero-order chi connectivity index (χ0) is 17.1. The van der Waals surface area contributed by atoms with Crippen LogP contribution in [0.2, 0.25) is 0 Å². The summed E-state index contributed by atoms with van der Waals surface area (Å²) in [6, 6.07) is 8.32. The molecule has 5 nitrogen and oxygen atoms in total. The van der Waals surface area contributed by atoms with Crippen molar-refractivity contribution in [3.05, 3.63) is 45.9 Å². The van der Waals surface area contributed by atoms with Crippen LogP contribution in [0.25, 0.3) is 0 Å². The molecule has 0 bridgehead atoms. The number of hydrogen-bond donors (Lipinski definition) is 0. The van der Waals surface area contributed by atoms with Gasteiger partial charge in [-0.3, -0.25) is 9.69 Å². The van der Waals surface area contributed by atoms with Gasteiger partial charge in [0.25, 0.3) is 0 Å². The van der Waals surface area contributed by atoms with E-state index < -0.39 is 0 Å². The van der Waals surface area contributed by atoms with Gasteiger partial charge in [0.2, 0.25) is 5.91 Å². The Morgan fingerprint density at radius 2 is 2.08 bits per heavy atom. The van der Waals surface area contributed by atoms with E-state index in [1.54, 1.807) is 18.4 Å². The molecule has 1 aromatic carbocycles. The fourth-order valence-electron chi connectivity index (χ4n) is 3.04. The Hall–Kier alpha value is -1.92. The number of benzene rings is 1. The van der Waals surface area contributed by atoms with Crippen LogP contribution >= 0.6 is 11.3 Å². The van der Waals surface area contributed by atoms with Gasteiger partial charge in [-0.05, 0) is 31.7 Å². The molecule has 2 aromatic rings. The molecule has 6 heteroatoms. The van der Waals surface area contributed by atoms with Crippen LogP contribution in [-0.4, -0.2) is 54.5 Å². The molecule has 1 atom stereocenters. The van der Waals surface area contributed by atoms with Gasteiger partial charge >= 0.3 is 0 Å². The zero-order valence-electron chi connectivity index (χ0n) is 14.4. The fraction of sp³-hybridized carbons (Fsp3) is 0.444. The first kappa shape index (κ1) is 16.9. The first-order chi connectivity index (χ1) is 11.6. The number of hydrogen-bond acceptors (Lipinski definition) is 5. The molecule has 0 N–H and O–H groups in total. The Balaban J connectivity index is 1.68. The number of aromatic nitrogens is 1. The second-order valence-electron chi connectivity index (χ2n) is 6.14. The van der Waals surface area contributed by atoms with Crippen molar-refractivity contribution in [3.63, 3.8) is 0 Å². The van der Waals surface area contributed by atoms with E-state index in [1.165, 1.54) is 5.56 Å². The highest BCUT2D eigenvalue weighted by molar-refractivity contribution is 7.09. The Labute approximate surface area is 146 Å². The van der Waals surface area contributed by atoms with Crippen molar-refractivity contribution in [1.82, 2.24) is 14.8 Å². The van der Waals surface area contributed by atoms with Crippen molar-refractivity contribution in [2.75, 3.05) is 33.8 Å². The summed E-state index contributed by atoms with van der Waals surface area (Å²) in [5.74, 6) is 1.01. The first-order valence-electron chi connectivity index (χ1n) is 8.10. The average molecular weight is 345 g/mol. The third kappa shape index (κ3) is 3.76. The van der Waals surface area contributed by atoms with E-state index >= 15 is 0 Å². The maximum Gasteiger partial charge on any atom is 0.228 e. The SMILES string of the molecule is COc1ccc(C2CN(C(=O)Cc3csc(C)n3)CCN2C)cc1. The van der Waals surface area contributed by atoms with Crippen LogP contribution in [-0.2, 0) is 11.2 Å². The molecule has 24 heavy (non-hydrogen) atoms. The normalized spacial score (nSPS) is 18.6. The molecule has 0 spiro atoms. The topological polar surface area (TPSA) is 45.7 Å². The Bertz CT molecular complexity index is 699. The number of aryl methyl sites for hydroxylation is 1. The maximum atomic E-state index is 12.6. The van der Waals surface area contributed by atoms with Crippen LogP contribution in [0.1, 0.15) is 22.3 Å². The van der Waals surface area contributed by atoms with E-state index in [2.05, 4.69) is 29.1 Å². The van der Waals surface area contributed by atoms with Crippen LogP contribution in [0.15, 0.2) is 29.6 Å². The van der Waals surface area contributed by atoms with E-state index in [1.807, 2.05) is 29.3 Å². The zero-order valence-corrected chi connectivity index (χ0v) is 15.2. The largest absolute Gasteiger partial charge is 0.497 e. The summed E-state index contributed by atoms with van der Waals surface area (Å²) in [5.41, 5.74) is 2.09. The molecule has 1 fully saturated rings. The average Bonchev–Trinajstić information content (AvgIpc) is 3.00. The number of thiazole rings is 1. The van der Waals surface area contributed by atoms with Crippen molar-refractivity contribution < 1.29 is 9.53 Å². The van der Waals surface area contributed by atoms with Crippen LogP contribution < -0.4 is 4.74 Å². The predicted octanol–water partition coefficient (Wildman–Crippen LogP) is 2.52. The molecule has 1 aliphatic heterocycles. The van der Waals surface area contributed by atoms with E-state index in [-0.39, 0.29) is 11.9 Å². The van der Waals surface area contributed by atoms with Gasteiger partial charge in [-0.2, -0.15) is 0 Å². The number of likely N-dealkylation sites (N-methyl/N-ethyl adjacent to an activating group) is 1. The van der Waals surface area contributed by atoms with Gasteiger partial charge in [-0.15, -0.1) is 11.3 Å². The van der Waals surface area contributed by atoms with Crippen molar-refractivity contribution in [3.8, 4) is 5.75 Å². The molecule has 3 rings (SSSR count). The fourth-order valence-corrected chi connectivity index (χ4v) is 3.65. The highest BCUT2D eigenvalue weighted by Crippen LogP contribution is 2.26. The summed E-state index contributed by atoms with van der Waals surface area (Å²) in [7, 11) is 3.78. The molecule has 0 aliphatic carbocycles. The lowest BCUT2D eigenvalue weighted by atomic mass is 10.0. The maximum absolute atomic E-state index is 12.6. The number of methoxy groups -OCH3 is 1. The highest BCUT2D eigenvalue weighted by Gasteiger charge is 2.28. The summed E-state index contributed by atoms with van der Waals surface area (Å²) in [6.07, 6.45) is 0.392. The van der Waals surface area contributed by atoms with Gasteiger partial charge in [0, 0.05) is 25.0 Å². The lowest BCUT2D eigenvalue weighted by Crippen LogP contribution is -2.49. The first-order valence-corrected chi connectivity index (χ1v) is 8.97. The number of ether oxygens (including phenoxy) is 1. The molecular formula is C18H23N3O2S. The van der Waals surface area contributed by atoms with Crippen LogP contribution in [0.5, 0.6) is 5.75 Å². The van der Waals surface area contributed by atoms with Gasteiger partial charge < -0.3 is 9.64 Å². The molecule has 0 radical (unpaired) electrons. The highest BCUT2D eigenvalue weighted by atomic mass is 32.1. The minimum absolute atomic E-state index is 0.159. The standard InChI is InChI=1S/C18H23N3O2S/c1-13-19-15(12-24-13)10-18(22)21-9-8-20(2)17(11-21)14-4-6-16(23-3)7-5-14/h4-7,12,17H,8-11H2,1-3H3. The second kappa shape index (κ2) is 7.32. The summed E-state index contributed by atoms with van der Waals surface area (Å²) in [4.78, 5) is 21.3. The van der Waals surface area contributed by atoms with E-state index in [9.17, 15) is 4.79 Å². The summed E-state index contributed by atoms with van der Waals surface area (Å²) < 4.78 is 5.23. The van der Waals surface area contributed by atoms with Gasteiger partial charge in [-0.25, -0.2) is 4.98 Å². The lowest BCUT2D eigenvalue weighted by molar-refractivity contribution is -0.133. The van der Waals surface area contributed by atoms with E-state index in [0.29, 0.717) is 13.0 Å². The molecular weight excluding hydrogens is 322 g/mol. The van der Waals surface area contributed by atoms with Crippen molar-refractivity contribution >= 4 is 17.2 Å². The Kier molecular flexibility index (Phi) is 5.16. The smallest absolute Gasteiger partial charge is 0.228 e. The van der Waals surface area contributed by atoms with Crippen LogP contribution in [0.4, 0.5) is 0 Å². The molecule has 0 saturated carbocycles. The van der Waals surface area contributed by atoms with Crippen LogP contribution in [0, 0.1) is 6.92 Å².